The SMILES string of the molecule is CC1(N2CCCC2)CSCCN1C(=O)C1CCc2cc(F)c(F)cc21. The smallest absolute Gasteiger partial charge is 0.231 e. The molecule has 4 rings (SSSR count). The van der Waals surface area contributed by atoms with E-state index in [9.17, 15) is 13.6 Å². The van der Waals surface area contributed by atoms with Gasteiger partial charge in [-0.25, -0.2) is 8.78 Å². The summed E-state index contributed by atoms with van der Waals surface area (Å²) in [5.74, 6) is -0.0736. The Morgan fingerprint density at radius 3 is 2.68 bits per heavy atom. The van der Waals surface area contributed by atoms with Crippen molar-refractivity contribution >= 4 is 17.7 Å². The molecule has 0 aromatic heterocycles. The quantitative estimate of drug-likeness (QED) is 0.802. The Labute approximate surface area is 151 Å². The zero-order chi connectivity index (χ0) is 17.6. The highest BCUT2D eigenvalue weighted by Gasteiger charge is 2.46. The second kappa shape index (κ2) is 6.54. The number of likely N-dealkylation sites (tertiary alicyclic amines) is 1. The fraction of sp³-hybridized carbons (Fsp3) is 0.632. The molecule has 3 aliphatic rings. The Morgan fingerprint density at radius 2 is 1.92 bits per heavy atom. The summed E-state index contributed by atoms with van der Waals surface area (Å²) < 4.78 is 27.2. The molecule has 1 aliphatic carbocycles. The Hall–Kier alpha value is -1.14. The lowest BCUT2D eigenvalue weighted by atomic mass is 9.97. The van der Waals surface area contributed by atoms with Crippen LogP contribution in [-0.4, -0.2) is 52.5 Å². The van der Waals surface area contributed by atoms with Crippen LogP contribution in [0.1, 0.15) is 43.2 Å². The Morgan fingerprint density at radius 1 is 1.20 bits per heavy atom. The minimum Gasteiger partial charge on any atom is -0.322 e. The van der Waals surface area contributed by atoms with Gasteiger partial charge >= 0.3 is 0 Å². The number of thioether (sulfide) groups is 1. The third-order valence-electron chi connectivity index (χ3n) is 6.03. The van der Waals surface area contributed by atoms with E-state index in [0.717, 1.165) is 36.7 Å². The molecule has 0 spiro atoms. The summed E-state index contributed by atoms with van der Waals surface area (Å²) in [5, 5.41) is 0. The average Bonchev–Trinajstić information content (AvgIpc) is 3.25. The minimum atomic E-state index is -0.852. The molecule has 25 heavy (non-hydrogen) atoms. The molecule has 0 saturated carbocycles. The van der Waals surface area contributed by atoms with E-state index in [-0.39, 0.29) is 17.5 Å². The van der Waals surface area contributed by atoms with Crippen molar-refractivity contribution in [1.29, 1.82) is 0 Å². The zero-order valence-corrected chi connectivity index (χ0v) is 15.4. The summed E-state index contributed by atoms with van der Waals surface area (Å²) in [6, 6.07) is 2.51. The van der Waals surface area contributed by atoms with Crippen LogP contribution in [-0.2, 0) is 11.2 Å². The summed E-state index contributed by atoms with van der Waals surface area (Å²) >= 11 is 1.90. The number of nitrogens with zero attached hydrogens (tertiary/aromatic N) is 2. The van der Waals surface area contributed by atoms with Crippen LogP contribution in [0.5, 0.6) is 0 Å². The minimum absolute atomic E-state index is 0.0828. The number of rotatable bonds is 2. The van der Waals surface area contributed by atoms with Crippen LogP contribution >= 0.6 is 11.8 Å². The highest BCUT2D eigenvalue weighted by atomic mass is 32.2. The van der Waals surface area contributed by atoms with Crippen molar-refractivity contribution < 1.29 is 13.6 Å². The normalized spacial score (nSPS) is 29.9. The van der Waals surface area contributed by atoms with Gasteiger partial charge in [0.05, 0.1) is 5.92 Å². The zero-order valence-electron chi connectivity index (χ0n) is 14.6. The molecule has 2 aliphatic heterocycles. The van der Waals surface area contributed by atoms with Gasteiger partial charge in [-0.15, -0.1) is 0 Å². The largest absolute Gasteiger partial charge is 0.322 e. The number of carbonyl (C=O) groups is 1. The highest BCUT2D eigenvalue weighted by molar-refractivity contribution is 7.99. The van der Waals surface area contributed by atoms with E-state index in [2.05, 4.69) is 11.8 Å². The average molecular weight is 366 g/mol. The van der Waals surface area contributed by atoms with Crippen LogP contribution < -0.4 is 0 Å². The van der Waals surface area contributed by atoms with Gasteiger partial charge in [0.1, 0.15) is 5.66 Å². The lowest BCUT2D eigenvalue weighted by Crippen LogP contribution is -2.64. The molecule has 1 aromatic rings. The number of aryl methyl sites for hydroxylation is 1. The summed E-state index contributed by atoms with van der Waals surface area (Å²) in [5.41, 5.74) is 1.20. The van der Waals surface area contributed by atoms with Crippen LogP contribution in [0.15, 0.2) is 12.1 Å². The Kier molecular flexibility index (Phi) is 4.52. The molecule has 0 N–H and O–H groups in total. The molecule has 1 aromatic carbocycles. The number of amides is 1. The lowest BCUT2D eigenvalue weighted by molar-refractivity contribution is -0.145. The number of carbonyl (C=O) groups excluding carboxylic acids is 1. The predicted octanol–water partition coefficient (Wildman–Crippen LogP) is 3.38. The second-order valence-electron chi connectivity index (χ2n) is 7.51. The Balaban J connectivity index is 1.63. The number of halogens is 2. The van der Waals surface area contributed by atoms with Crippen molar-refractivity contribution in [1.82, 2.24) is 9.80 Å². The Bertz CT molecular complexity index is 692. The summed E-state index contributed by atoms with van der Waals surface area (Å²) in [6.07, 6.45) is 3.65. The number of hydrogen-bond donors (Lipinski definition) is 0. The maximum absolute atomic E-state index is 13.7. The van der Waals surface area contributed by atoms with Crippen molar-refractivity contribution in [2.24, 2.45) is 0 Å². The molecule has 0 radical (unpaired) electrons. The fourth-order valence-electron chi connectivity index (χ4n) is 4.59. The summed E-state index contributed by atoms with van der Waals surface area (Å²) in [4.78, 5) is 17.9. The van der Waals surface area contributed by atoms with Crippen molar-refractivity contribution in [3.8, 4) is 0 Å². The van der Waals surface area contributed by atoms with Gasteiger partial charge in [-0.3, -0.25) is 9.69 Å². The third kappa shape index (κ3) is 2.87. The van der Waals surface area contributed by atoms with E-state index in [1.165, 1.54) is 25.0 Å². The molecule has 3 nitrogen and oxygen atoms in total. The first-order valence-corrected chi connectivity index (χ1v) is 10.3. The van der Waals surface area contributed by atoms with E-state index < -0.39 is 11.6 Å². The molecule has 2 fully saturated rings. The van der Waals surface area contributed by atoms with E-state index in [1.807, 2.05) is 16.7 Å². The van der Waals surface area contributed by atoms with E-state index in [1.54, 1.807) is 0 Å². The molecule has 0 bridgehead atoms. The van der Waals surface area contributed by atoms with Gasteiger partial charge < -0.3 is 4.90 Å². The maximum atomic E-state index is 13.7. The topological polar surface area (TPSA) is 23.6 Å². The van der Waals surface area contributed by atoms with Crippen molar-refractivity contribution in [3.05, 3.63) is 34.9 Å². The van der Waals surface area contributed by atoms with Crippen LogP contribution in [0, 0.1) is 11.6 Å². The van der Waals surface area contributed by atoms with Crippen LogP contribution in [0.4, 0.5) is 8.78 Å². The van der Waals surface area contributed by atoms with Gasteiger partial charge in [-0.1, -0.05) is 0 Å². The van der Waals surface area contributed by atoms with Gasteiger partial charge in [-0.05, 0) is 55.9 Å². The highest BCUT2D eigenvalue weighted by Crippen LogP contribution is 2.40. The first-order valence-electron chi connectivity index (χ1n) is 9.13. The van der Waals surface area contributed by atoms with Crippen LogP contribution in [0.3, 0.4) is 0 Å². The molecule has 2 atom stereocenters. The molecule has 2 unspecified atom stereocenters. The second-order valence-corrected chi connectivity index (χ2v) is 8.62. The van der Waals surface area contributed by atoms with Crippen molar-refractivity contribution in [2.75, 3.05) is 31.1 Å². The third-order valence-corrected chi connectivity index (χ3v) is 7.25. The summed E-state index contributed by atoms with van der Waals surface area (Å²) in [6.45, 7) is 4.96. The maximum Gasteiger partial charge on any atom is 0.231 e. The van der Waals surface area contributed by atoms with E-state index >= 15 is 0 Å². The van der Waals surface area contributed by atoms with Crippen molar-refractivity contribution in [3.63, 3.8) is 0 Å². The number of fused-ring (bicyclic) bond motifs is 1. The monoisotopic (exact) mass is 366 g/mol. The molecular formula is C19H24F2N2OS. The van der Waals surface area contributed by atoms with Gasteiger partial charge in [0.15, 0.2) is 11.6 Å². The first-order chi connectivity index (χ1) is 12.0. The number of benzene rings is 1. The first kappa shape index (κ1) is 17.3. The predicted molar refractivity (Wildman–Crippen MR) is 95.7 cm³/mol. The standard InChI is InChI=1S/C19H24F2N2OS/c1-19(22-6-2-3-7-22)12-25-9-8-23(19)18(24)14-5-4-13-10-16(20)17(21)11-15(13)14/h10-11,14H,2-9,12H2,1H3. The van der Waals surface area contributed by atoms with Gasteiger partial charge in [-0.2, -0.15) is 11.8 Å². The molecule has 2 heterocycles. The fourth-order valence-corrected chi connectivity index (χ4v) is 5.77. The van der Waals surface area contributed by atoms with Gasteiger partial charge in [0.2, 0.25) is 5.91 Å². The molecule has 1 amide bonds. The van der Waals surface area contributed by atoms with Gasteiger partial charge in [0.25, 0.3) is 0 Å². The van der Waals surface area contributed by atoms with Crippen LogP contribution in [0.2, 0.25) is 0 Å². The van der Waals surface area contributed by atoms with Crippen molar-refractivity contribution in [2.45, 2.75) is 44.2 Å². The molecule has 2 saturated heterocycles. The van der Waals surface area contributed by atoms with Crippen LogP contribution in [0.25, 0.3) is 0 Å². The molecular weight excluding hydrogens is 342 g/mol. The van der Waals surface area contributed by atoms with E-state index in [4.69, 9.17) is 0 Å². The van der Waals surface area contributed by atoms with E-state index in [0.29, 0.717) is 18.4 Å². The summed E-state index contributed by atoms with van der Waals surface area (Å²) in [7, 11) is 0. The number of hydrogen-bond acceptors (Lipinski definition) is 3. The molecule has 136 valence electrons. The lowest BCUT2D eigenvalue weighted by Gasteiger charge is -2.50. The molecule has 6 heteroatoms. The van der Waals surface area contributed by atoms with Gasteiger partial charge in [0, 0.05) is 31.1 Å².